The molecule has 7 fully saturated rings. The molecule has 8 nitrogen and oxygen atoms in total. The Morgan fingerprint density at radius 1 is 1.05 bits per heavy atom. The Balaban J connectivity index is 1.16. The molecular weight excluding hydrogens is 558 g/mol. The molecule has 2 aliphatic heterocycles. The largest absolute Gasteiger partial charge is 0.457 e. The molecule has 2 spiro atoms. The fourth-order valence-electron chi connectivity index (χ4n) is 13.4. The second-order valence-corrected chi connectivity index (χ2v) is 17.9. The molecule has 0 amide bonds. The molecule has 5 saturated carbocycles. The minimum atomic E-state index is -1.25. The predicted octanol–water partition coefficient (Wildman–Crippen LogP) is 4.83. The summed E-state index contributed by atoms with van der Waals surface area (Å²) in [6, 6.07) is 0. The lowest BCUT2D eigenvalue weighted by atomic mass is 9.41. The number of aliphatic hydroxyl groups excluding tert-OH is 1. The van der Waals surface area contributed by atoms with Crippen LogP contribution in [0.3, 0.4) is 0 Å². The van der Waals surface area contributed by atoms with Crippen molar-refractivity contribution in [2.45, 2.75) is 149 Å². The second kappa shape index (κ2) is 10.1. The Bertz CT molecular complexity index is 1150. The van der Waals surface area contributed by atoms with Crippen molar-refractivity contribution in [3.63, 3.8) is 0 Å². The van der Waals surface area contributed by atoms with Gasteiger partial charge >= 0.3 is 5.97 Å². The van der Waals surface area contributed by atoms with Gasteiger partial charge in [0.25, 0.3) is 0 Å². The molecule has 0 aromatic heterocycles. The minimum absolute atomic E-state index is 0.0409. The van der Waals surface area contributed by atoms with E-state index in [9.17, 15) is 15.0 Å². The van der Waals surface area contributed by atoms with E-state index in [1.54, 1.807) is 13.8 Å². The molecule has 44 heavy (non-hydrogen) atoms. The van der Waals surface area contributed by atoms with Crippen molar-refractivity contribution in [1.82, 2.24) is 5.32 Å². The van der Waals surface area contributed by atoms with E-state index in [1.165, 1.54) is 32.6 Å². The summed E-state index contributed by atoms with van der Waals surface area (Å²) in [5.74, 6) is 1.16. The van der Waals surface area contributed by atoms with Crippen molar-refractivity contribution >= 4 is 5.97 Å². The minimum Gasteiger partial charge on any atom is -0.457 e. The van der Waals surface area contributed by atoms with Gasteiger partial charge in [0.05, 0.1) is 36.6 Å². The van der Waals surface area contributed by atoms with Crippen LogP contribution in [0.1, 0.15) is 107 Å². The normalized spacial score (nSPS) is 53.3. The molecule has 5 aliphatic carbocycles. The number of morpholine rings is 1. The van der Waals surface area contributed by atoms with Crippen LogP contribution in [-0.4, -0.2) is 78.3 Å². The van der Waals surface area contributed by atoms with Gasteiger partial charge in [-0.2, -0.15) is 0 Å². The van der Waals surface area contributed by atoms with E-state index in [0.29, 0.717) is 30.3 Å². The average molecular weight is 618 g/mol. The van der Waals surface area contributed by atoms with Crippen molar-refractivity contribution in [3.8, 4) is 0 Å². The first-order valence-electron chi connectivity index (χ1n) is 17.7. The summed E-state index contributed by atoms with van der Waals surface area (Å²) >= 11 is 0. The Kier molecular flexibility index (Phi) is 7.32. The molecule has 7 aliphatic rings. The molecule has 0 aromatic carbocycles. The highest BCUT2D eigenvalue weighted by Crippen LogP contribution is 2.89. The Hall–Kier alpha value is -0.770. The molecule has 14 atom stereocenters. The fraction of sp³-hybridized carbons (Fsp3) is 0.972. The highest BCUT2D eigenvalue weighted by atomic mass is 16.7. The van der Waals surface area contributed by atoms with Crippen molar-refractivity contribution in [1.29, 1.82) is 0 Å². The number of fused-ring (bicyclic) bond motifs is 4. The van der Waals surface area contributed by atoms with Gasteiger partial charge in [0.1, 0.15) is 0 Å². The summed E-state index contributed by atoms with van der Waals surface area (Å²) in [6.07, 6.45) is 6.87. The van der Waals surface area contributed by atoms with Crippen LogP contribution in [0.25, 0.3) is 0 Å². The zero-order valence-corrected chi connectivity index (χ0v) is 28.5. The summed E-state index contributed by atoms with van der Waals surface area (Å²) in [4.78, 5) is 12.0. The number of hydrogen-bond acceptors (Lipinski definition) is 8. The van der Waals surface area contributed by atoms with E-state index in [1.807, 2.05) is 0 Å². The first-order valence-corrected chi connectivity index (χ1v) is 17.7. The first kappa shape index (κ1) is 31.8. The Morgan fingerprint density at radius 3 is 2.41 bits per heavy atom. The lowest BCUT2D eigenvalue weighted by Gasteiger charge is -2.64. The van der Waals surface area contributed by atoms with Crippen molar-refractivity contribution in [2.75, 3.05) is 19.7 Å². The smallest absolute Gasteiger partial charge is 0.303 e. The van der Waals surface area contributed by atoms with Gasteiger partial charge in [0, 0.05) is 25.4 Å². The van der Waals surface area contributed by atoms with Crippen LogP contribution in [0.4, 0.5) is 0 Å². The molecule has 2 heterocycles. The standard InChI is InChI=1S/C36H59NO7/c1-20-17-22(30(32(5,6)40)42-21(2)38)43-28-27(20)33(7)13-14-36-19-35(36)12-11-25(44-26-18-37-15-16-41-26)31(3,4)23(35)9-10-24(36)34(33,8)29(28)39/h20,22-30,37,39-40H,9-19H2,1-8H3/t20?,22-,23+,24+,25+,26+,27?,28+,29+,30+,33-,34-,35-,36+/m1/s1. The third kappa shape index (κ3) is 4.12. The van der Waals surface area contributed by atoms with Crippen LogP contribution in [0, 0.1) is 50.7 Å². The summed E-state index contributed by atoms with van der Waals surface area (Å²) in [5, 5.41) is 26.9. The third-order valence-electron chi connectivity index (χ3n) is 15.3. The third-order valence-corrected chi connectivity index (χ3v) is 15.3. The van der Waals surface area contributed by atoms with Gasteiger partial charge in [0.15, 0.2) is 12.4 Å². The number of carbonyl (C=O) groups excluding carboxylic acids is 1. The number of aliphatic hydroxyl groups is 2. The van der Waals surface area contributed by atoms with E-state index in [4.69, 9.17) is 18.9 Å². The fourth-order valence-corrected chi connectivity index (χ4v) is 13.4. The van der Waals surface area contributed by atoms with Crippen molar-refractivity contribution in [2.24, 2.45) is 50.7 Å². The van der Waals surface area contributed by atoms with Gasteiger partial charge in [-0.1, -0.05) is 34.6 Å². The molecule has 0 bridgehead atoms. The van der Waals surface area contributed by atoms with Crippen LogP contribution in [0.15, 0.2) is 0 Å². The maximum absolute atomic E-state index is 12.5. The maximum atomic E-state index is 12.5. The quantitative estimate of drug-likeness (QED) is 0.377. The number of ether oxygens (including phenoxy) is 4. The molecule has 2 unspecified atom stereocenters. The molecule has 2 saturated heterocycles. The molecule has 0 radical (unpaired) electrons. The van der Waals surface area contributed by atoms with Crippen LogP contribution in [-0.2, 0) is 23.7 Å². The molecule has 8 heteroatoms. The first-order chi connectivity index (χ1) is 20.5. The molecule has 0 aromatic rings. The zero-order chi connectivity index (χ0) is 31.7. The molecule has 7 rings (SSSR count). The number of rotatable bonds is 5. The number of hydrogen-bond donors (Lipinski definition) is 3. The zero-order valence-electron chi connectivity index (χ0n) is 28.5. The van der Waals surface area contributed by atoms with Gasteiger partial charge in [-0.15, -0.1) is 0 Å². The summed E-state index contributed by atoms with van der Waals surface area (Å²) < 4.78 is 25.2. The average Bonchev–Trinajstić information content (AvgIpc) is 3.58. The lowest BCUT2D eigenvalue weighted by molar-refractivity contribution is -0.237. The van der Waals surface area contributed by atoms with E-state index in [2.05, 4.69) is 39.9 Å². The summed E-state index contributed by atoms with van der Waals surface area (Å²) in [6.45, 7) is 19.2. The van der Waals surface area contributed by atoms with Crippen LogP contribution < -0.4 is 5.32 Å². The van der Waals surface area contributed by atoms with Crippen LogP contribution in [0.2, 0.25) is 0 Å². The summed E-state index contributed by atoms with van der Waals surface area (Å²) in [5.41, 5.74) is -0.862. The Labute approximate surface area is 264 Å². The molecule has 250 valence electrons. The van der Waals surface area contributed by atoms with Crippen molar-refractivity contribution in [3.05, 3.63) is 0 Å². The van der Waals surface area contributed by atoms with E-state index in [0.717, 1.165) is 32.4 Å². The SMILES string of the molecule is CC(=O)O[C@@H]([C@H]1CC(C)C2[C@H](O1)[C@H](O)[C@@]1(C)[C@@H]3CC[C@H]4C(C)(C)[C@@H](O[C@H]5CNCCO5)CC[C@@]45C[C@@]35CC[C@]21C)C(C)(C)O. The highest BCUT2D eigenvalue weighted by Gasteiger charge is 2.84. The van der Waals surface area contributed by atoms with Gasteiger partial charge in [-0.3, -0.25) is 4.79 Å². The van der Waals surface area contributed by atoms with E-state index < -0.39 is 29.9 Å². The molecule has 3 N–H and O–H groups in total. The lowest BCUT2D eigenvalue weighted by Crippen LogP contribution is -2.60. The van der Waals surface area contributed by atoms with Gasteiger partial charge in [-0.25, -0.2) is 0 Å². The number of nitrogens with one attached hydrogen (secondary N) is 1. The predicted molar refractivity (Wildman–Crippen MR) is 165 cm³/mol. The number of carbonyl (C=O) groups is 1. The number of esters is 1. The van der Waals surface area contributed by atoms with Crippen molar-refractivity contribution < 1.29 is 34.0 Å². The molecular formula is C36H59NO7. The topological polar surface area (TPSA) is 106 Å². The van der Waals surface area contributed by atoms with Gasteiger partial charge in [-0.05, 0) is 111 Å². The highest BCUT2D eigenvalue weighted by molar-refractivity contribution is 5.66. The van der Waals surface area contributed by atoms with Crippen LogP contribution >= 0.6 is 0 Å². The van der Waals surface area contributed by atoms with Gasteiger partial charge in [0.2, 0.25) is 0 Å². The maximum Gasteiger partial charge on any atom is 0.303 e. The van der Waals surface area contributed by atoms with Crippen LogP contribution in [0.5, 0.6) is 0 Å². The Morgan fingerprint density at radius 2 is 1.75 bits per heavy atom. The summed E-state index contributed by atoms with van der Waals surface area (Å²) in [7, 11) is 0. The van der Waals surface area contributed by atoms with E-state index in [-0.39, 0.29) is 52.0 Å². The second-order valence-electron chi connectivity index (χ2n) is 17.9. The van der Waals surface area contributed by atoms with Gasteiger partial charge < -0.3 is 34.5 Å². The monoisotopic (exact) mass is 617 g/mol. The van der Waals surface area contributed by atoms with E-state index >= 15 is 0 Å².